The maximum absolute atomic E-state index is 11.7. The first-order valence-corrected chi connectivity index (χ1v) is 6.36. The van der Waals surface area contributed by atoms with Gasteiger partial charge < -0.3 is 15.1 Å². The lowest BCUT2D eigenvalue weighted by molar-refractivity contribution is -0.502. The number of carbonyl (C=O) groups is 1. The van der Waals surface area contributed by atoms with E-state index in [1.807, 2.05) is 0 Å². The van der Waals surface area contributed by atoms with Crippen molar-refractivity contribution in [3.63, 3.8) is 0 Å². The normalized spacial score (nSPS) is 20.0. The predicted molar refractivity (Wildman–Crippen MR) is 68.3 cm³/mol. The molecule has 1 saturated carbocycles. The first-order chi connectivity index (χ1) is 8.63. The third-order valence-electron chi connectivity index (χ3n) is 3.12. The maximum Gasteiger partial charge on any atom is 0.330 e. The van der Waals surface area contributed by atoms with Crippen molar-refractivity contribution in [3.8, 4) is 0 Å². The molecule has 0 aromatic heterocycles. The van der Waals surface area contributed by atoms with Gasteiger partial charge in [0.15, 0.2) is 12.3 Å². The molecule has 1 unspecified atom stereocenters. The number of hydroxylamine groups is 1. The van der Waals surface area contributed by atoms with Crippen LogP contribution in [0.25, 0.3) is 0 Å². The van der Waals surface area contributed by atoms with Crippen LogP contribution in [0.4, 0.5) is 0 Å². The standard InChI is InChI=1S/C13H21NO4/c1-18-13(16)8-7-12(15)9-10-14(17)11-5-3-2-4-6-11/h7-8,10-12,15H,2-6,9H2,1H3/b8-7+,14-10-. The molecule has 5 heteroatoms. The molecule has 0 bridgehead atoms. The first kappa shape index (κ1) is 14.7. The van der Waals surface area contributed by atoms with Crippen molar-refractivity contribution in [3.05, 3.63) is 17.4 Å². The van der Waals surface area contributed by atoms with Crippen LogP contribution in [0.1, 0.15) is 38.5 Å². The average molecular weight is 255 g/mol. The molecule has 18 heavy (non-hydrogen) atoms. The molecule has 1 aliphatic rings. The van der Waals surface area contributed by atoms with Gasteiger partial charge in [-0.2, -0.15) is 0 Å². The zero-order valence-corrected chi connectivity index (χ0v) is 10.7. The number of nitrogens with zero attached hydrogens (tertiary/aromatic N) is 1. The third-order valence-corrected chi connectivity index (χ3v) is 3.12. The van der Waals surface area contributed by atoms with E-state index in [1.165, 1.54) is 25.8 Å². The Morgan fingerprint density at radius 1 is 1.50 bits per heavy atom. The second kappa shape index (κ2) is 7.87. The molecule has 1 atom stereocenters. The number of methoxy groups -OCH3 is 1. The van der Waals surface area contributed by atoms with Crippen molar-refractivity contribution < 1.29 is 19.4 Å². The molecule has 0 aromatic rings. The van der Waals surface area contributed by atoms with E-state index in [-0.39, 0.29) is 12.5 Å². The van der Waals surface area contributed by atoms with Crippen LogP contribution in [0.3, 0.4) is 0 Å². The van der Waals surface area contributed by atoms with Gasteiger partial charge in [-0.3, -0.25) is 0 Å². The van der Waals surface area contributed by atoms with Crippen molar-refractivity contribution in [1.29, 1.82) is 0 Å². The lowest BCUT2D eigenvalue weighted by Gasteiger charge is -2.20. The molecule has 0 spiro atoms. The summed E-state index contributed by atoms with van der Waals surface area (Å²) in [6, 6.07) is 0.0514. The number of aliphatic hydroxyl groups excluding tert-OH is 1. The van der Waals surface area contributed by atoms with E-state index >= 15 is 0 Å². The summed E-state index contributed by atoms with van der Waals surface area (Å²) in [6.07, 6.45) is 8.59. The van der Waals surface area contributed by atoms with Crippen molar-refractivity contribution in [1.82, 2.24) is 0 Å². The minimum absolute atomic E-state index is 0.0514. The Bertz CT molecular complexity index is 319. The number of ether oxygens (including phenoxy) is 1. The number of carbonyl (C=O) groups excluding carboxylic acids is 1. The molecule has 0 saturated heterocycles. The minimum Gasteiger partial charge on any atom is -0.624 e. The van der Waals surface area contributed by atoms with E-state index < -0.39 is 12.1 Å². The van der Waals surface area contributed by atoms with Crippen LogP contribution in [-0.4, -0.2) is 41.3 Å². The summed E-state index contributed by atoms with van der Waals surface area (Å²) < 4.78 is 5.35. The van der Waals surface area contributed by atoms with E-state index in [4.69, 9.17) is 0 Å². The Morgan fingerprint density at radius 3 is 2.78 bits per heavy atom. The zero-order valence-electron chi connectivity index (χ0n) is 10.7. The average Bonchev–Trinajstić information content (AvgIpc) is 2.42. The van der Waals surface area contributed by atoms with Crippen LogP contribution in [0.5, 0.6) is 0 Å². The molecule has 1 rings (SSSR count). The van der Waals surface area contributed by atoms with Crippen LogP contribution in [-0.2, 0) is 9.53 Å². The van der Waals surface area contributed by atoms with Crippen LogP contribution in [0.15, 0.2) is 12.2 Å². The van der Waals surface area contributed by atoms with Gasteiger partial charge in [0.05, 0.1) is 19.6 Å². The highest BCUT2D eigenvalue weighted by molar-refractivity contribution is 5.81. The number of aliphatic hydroxyl groups is 1. The summed E-state index contributed by atoms with van der Waals surface area (Å²) in [5, 5.41) is 21.3. The fourth-order valence-corrected chi connectivity index (χ4v) is 2.03. The molecule has 1 aliphatic carbocycles. The van der Waals surface area contributed by atoms with E-state index in [9.17, 15) is 15.1 Å². The van der Waals surface area contributed by atoms with Gasteiger partial charge >= 0.3 is 5.97 Å². The predicted octanol–water partition coefficient (Wildman–Crippen LogP) is 1.38. The van der Waals surface area contributed by atoms with Gasteiger partial charge in [-0.1, -0.05) is 6.42 Å². The molecule has 1 fully saturated rings. The summed E-state index contributed by atoms with van der Waals surface area (Å²) in [5.74, 6) is -0.514. The molecule has 0 amide bonds. The molecule has 1 N–H and O–H groups in total. The quantitative estimate of drug-likeness (QED) is 0.201. The lowest BCUT2D eigenvalue weighted by atomic mass is 9.96. The second-order valence-electron chi connectivity index (χ2n) is 4.52. The van der Waals surface area contributed by atoms with Crippen molar-refractivity contribution in [2.75, 3.05) is 7.11 Å². The second-order valence-corrected chi connectivity index (χ2v) is 4.52. The molecular formula is C13H21NO4. The fourth-order valence-electron chi connectivity index (χ4n) is 2.03. The van der Waals surface area contributed by atoms with Gasteiger partial charge in [0.25, 0.3) is 0 Å². The first-order valence-electron chi connectivity index (χ1n) is 6.36. The summed E-state index contributed by atoms with van der Waals surface area (Å²) in [7, 11) is 1.27. The Hall–Kier alpha value is -1.36. The van der Waals surface area contributed by atoms with Gasteiger partial charge in [-0.05, 0) is 18.9 Å². The largest absolute Gasteiger partial charge is 0.624 e. The SMILES string of the molecule is COC(=O)/C=C/C(O)C/C=[N+](\[O-])C1CCCCC1. The molecule has 0 radical (unpaired) electrons. The van der Waals surface area contributed by atoms with Crippen molar-refractivity contribution >= 4 is 12.2 Å². The monoisotopic (exact) mass is 255 g/mol. The highest BCUT2D eigenvalue weighted by Crippen LogP contribution is 2.19. The summed E-state index contributed by atoms with van der Waals surface area (Å²) >= 11 is 0. The number of hydrogen-bond donors (Lipinski definition) is 1. The molecule has 0 aliphatic heterocycles. The molecule has 0 heterocycles. The van der Waals surface area contributed by atoms with Gasteiger partial charge in [0, 0.05) is 18.9 Å². The Morgan fingerprint density at radius 2 is 2.17 bits per heavy atom. The van der Waals surface area contributed by atoms with Gasteiger partial charge in [0.2, 0.25) is 0 Å². The minimum atomic E-state index is -0.829. The molecule has 0 aromatic carbocycles. The number of hydrogen-bond acceptors (Lipinski definition) is 4. The fraction of sp³-hybridized carbons (Fsp3) is 0.692. The third kappa shape index (κ3) is 5.31. The van der Waals surface area contributed by atoms with E-state index in [2.05, 4.69) is 4.74 Å². The topological polar surface area (TPSA) is 72.6 Å². The van der Waals surface area contributed by atoms with Crippen molar-refractivity contribution in [2.45, 2.75) is 50.7 Å². The lowest BCUT2D eigenvalue weighted by Crippen LogP contribution is -2.25. The molecular weight excluding hydrogens is 234 g/mol. The highest BCUT2D eigenvalue weighted by atomic mass is 16.5. The Kier molecular flexibility index (Phi) is 6.43. The maximum atomic E-state index is 11.7. The Labute approximate surface area is 107 Å². The smallest absolute Gasteiger partial charge is 0.330 e. The van der Waals surface area contributed by atoms with Crippen molar-refractivity contribution in [2.24, 2.45) is 0 Å². The summed E-state index contributed by atoms with van der Waals surface area (Å²) in [4.78, 5) is 10.8. The molecule has 102 valence electrons. The van der Waals surface area contributed by atoms with Crippen LogP contribution in [0, 0.1) is 5.21 Å². The number of esters is 1. The van der Waals surface area contributed by atoms with Gasteiger partial charge in [0.1, 0.15) is 0 Å². The Balaban J connectivity index is 2.37. The van der Waals surface area contributed by atoms with Gasteiger partial charge in [-0.25, -0.2) is 9.53 Å². The molecule has 5 nitrogen and oxygen atoms in total. The van der Waals surface area contributed by atoms with Crippen LogP contribution in [0.2, 0.25) is 0 Å². The summed E-state index contributed by atoms with van der Waals surface area (Å²) in [5.41, 5.74) is 0. The summed E-state index contributed by atoms with van der Waals surface area (Å²) in [6.45, 7) is 0. The number of rotatable bonds is 5. The zero-order chi connectivity index (χ0) is 13.4. The van der Waals surface area contributed by atoms with E-state index in [0.717, 1.165) is 36.5 Å². The van der Waals surface area contributed by atoms with E-state index in [0.29, 0.717) is 0 Å². The van der Waals surface area contributed by atoms with Crippen LogP contribution < -0.4 is 0 Å². The van der Waals surface area contributed by atoms with Gasteiger partial charge in [-0.15, -0.1) is 0 Å². The van der Waals surface area contributed by atoms with E-state index in [1.54, 1.807) is 0 Å². The highest BCUT2D eigenvalue weighted by Gasteiger charge is 2.19. The van der Waals surface area contributed by atoms with Crippen LogP contribution >= 0.6 is 0 Å².